The Morgan fingerprint density at radius 3 is 1.80 bits per heavy atom. The lowest BCUT2D eigenvalue weighted by atomic mass is 10.0. The van der Waals surface area contributed by atoms with E-state index in [0.29, 0.717) is 26.3 Å². The largest absolute Gasteiger partial charge is 0.444 e. The Labute approximate surface area is 208 Å². The summed E-state index contributed by atoms with van der Waals surface area (Å²) in [7, 11) is 0. The SMILES string of the molecule is C=CC1(O)COCCN(C(=O)OC(C)(C)C)C1.CC(C)(C)OC(=O)N1CCOCC(O)(CCO)C1. The molecule has 35 heavy (non-hydrogen) atoms. The van der Waals surface area contributed by atoms with Gasteiger partial charge >= 0.3 is 12.2 Å². The molecule has 2 saturated heterocycles. The molecule has 11 nitrogen and oxygen atoms in total. The first-order valence-corrected chi connectivity index (χ1v) is 11.8. The van der Waals surface area contributed by atoms with Gasteiger partial charge in [0.25, 0.3) is 0 Å². The first-order valence-electron chi connectivity index (χ1n) is 11.8. The maximum atomic E-state index is 11.9. The van der Waals surface area contributed by atoms with E-state index < -0.39 is 34.6 Å². The van der Waals surface area contributed by atoms with Gasteiger partial charge in [-0.25, -0.2) is 9.59 Å². The minimum absolute atomic E-state index is 0.114. The van der Waals surface area contributed by atoms with Crippen molar-refractivity contribution in [2.75, 3.05) is 59.2 Å². The Hall–Kier alpha value is -1.92. The maximum Gasteiger partial charge on any atom is 0.410 e. The second kappa shape index (κ2) is 12.9. The summed E-state index contributed by atoms with van der Waals surface area (Å²) in [6.07, 6.45) is 0.662. The zero-order chi connectivity index (χ0) is 26.9. The Kier molecular flexibility index (Phi) is 11.4. The monoisotopic (exact) mass is 504 g/mol. The molecule has 0 radical (unpaired) electrons. The third kappa shape index (κ3) is 12.0. The normalized spacial score (nSPS) is 26.0. The number of aliphatic hydroxyl groups is 3. The van der Waals surface area contributed by atoms with E-state index in [-0.39, 0.29) is 39.3 Å². The van der Waals surface area contributed by atoms with E-state index in [1.807, 2.05) is 0 Å². The molecule has 204 valence electrons. The summed E-state index contributed by atoms with van der Waals surface area (Å²) in [6, 6.07) is 0. The van der Waals surface area contributed by atoms with Gasteiger partial charge in [-0.05, 0) is 41.5 Å². The second-order valence-corrected chi connectivity index (χ2v) is 10.9. The molecule has 0 aliphatic carbocycles. The van der Waals surface area contributed by atoms with Crippen molar-refractivity contribution >= 4 is 12.2 Å². The average Bonchev–Trinajstić information content (AvgIpc) is 3.03. The second-order valence-electron chi connectivity index (χ2n) is 10.9. The van der Waals surface area contributed by atoms with Crippen LogP contribution >= 0.6 is 0 Å². The van der Waals surface area contributed by atoms with E-state index in [4.69, 9.17) is 24.1 Å². The predicted octanol–water partition coefficient (Wildman–Crippen LogP) is 1.54. The minimum Gasteiger partial charge on any atom is -0.444 e. The third-order valence-electron chi connectivity index (χ3n) is 4.94. The van der Waals surface area contributed by atoms with Crippen LogP contribution in [0.3, 0.4) is 0 Å². The van der Waals surface area contributed by atoms with Crippen LogP contribution in [0.2, 0.25) is 0 Å². The molecule has 2 heterocycles. The van der Waals surface area contributed by atoms with Crippen LogP contribution in [-0.2, 0) is 18.9 Å². The molecule has 2 aliphatic rings. The lowest BCUT2D eigenvalue weighted by Gasteiger charge is -2.31. The van der Waals surface area contributed by atoms with Gasteiger partial charge in [-0.3, -0.25) is 0 Å². The van der Waals surface area contributed by atoms with Crippen LogP contribution in [0.1, 0.15) is 48.0 Å². The van der Waals surface area contributed by atoms with Crippen molar-refractivity contribution < 1.29 is 43.9 Å². The lowest BCUT2D eigenvalue weighted by Crippen LogP contribution is -2.48. The van der Waals surface area contributed by atoms with Gasteiger partial charge in [0.15, 0.2) is 0 Å². The lowest BCUT2D eigenvalue weighted by molar-refractivity contribution is -0.0529. The Morgan fingerprint density at radius 2 is 1.37 bits per heavy atom. The van der Waals surface area contributed by atoms with Crippen LogP contribution in [-0.4, -0.2) is 119 Å². The molecular weight excluding hydrogens is 460 g/mol. The molecule has 11 heteroatoms. The Balaban J connectivity index is 0.000000351. The number of hydrogen-bond donors (Lipinski definition) is 3. The van der Waals surface area contributed by atoms with Crippen molar-refractivity contribution in [1.29, 1.82) is 0 Å². The molecular formula is C24H44N2O9. The highest BCUT2D eigenvalue weighted by atomic mass is 16.6. The predicted molar refractivity (Wildman–Crippen MR) is 129 cm³/mol. The number of rotatable bonds is 3. The molecule has 0 saturated carbocycles. The zero-order valence-corrected chi connectivity index (χ0v) is 22.0. The van der Waals surface area contributed by atoms with E-state index >= 15 is 0 Å². The molecule has 0 aromatic carbocycles. The summed E-state index contributed by atoms with van der Waals surface area (Å²) in [5, 5.41) is 29.3. The molecule has 0 aromatic rings. The third-order valence-corrected chi connectivity index (χ3v) is 4.94. The molecule has 3 N–H and O–H groups in total. The van der Waals surface area contributed by atoms with Crippen molar-refractivity contribution in [1.82, 2.24) is 9.80 Å². The summed E-state index contributed by atoms with van der Waals surface area (Å²) in [4.78, 5) is 26.7. The van der Waals surface area contributed by atoms with Crippen molar-refractivity contribution in [3.05, 3.63) is 12.7 Å². The highest BCUT2D eigenvalue weighted by molar-refractivity contribution is 5.68. The van der Waals surface area contributed by atoms with Crippen LogP contribution in [0.5, 0.6) is 0 Å². The minimum atomic E-state index is -1.21. The van der Waals surface area contributed by atoms with Crippen molar-refractivity contribution in [2.45, 2.75) is 70.4 Å². The van der Waals surface area contributed by atoms with E-state index in [0.717, 1.165) is 0 Å². The fourth-order valence-electron chi connectivity index (χ4n) is 3.24. The highest BCUT2D eigenvalue weighted by Crippen LogP contribution is 2.19. The van der Waals surface area contributed by atoms with Crippen molar-refractivity contribution in [3.8, 4) is 0 Å². The van der Waals surface area contributed by atoms with Crippen LogP contribution in [0, 0.1) is 0 Å². The van der Waals surface area contributed by atoms with Crippen molar-refractivity contribution in [3.63, 3.8) is 0 Å². The van der Waals surface area contributed by atoms with E-state index in [1.165, 1.54) is 15.9 Å². The van der Waals surface area contributed by atoms with E-state index in [9.17, 15) is 19.8 Å². The number of carbonyl (C=O) groups is 2. The molecule has 0 bridgehead atoms. The standard InChI is InChI=1S/C12H23NO5.C12H21NO4/c1-11(2,3)18-10(15)13-5-7-17-9-12(16,8-13)4-6-14;1-5-12(15)8-13(6-7-16-9-12)10(14)17-11(2,3)4/h14,16H,4-9H2,1-3H3;5,15H,1,6-9H2,2-4H3. The molecule has 2 amide bonds. The van der Waals surface area contributed by atoms with Gasteiger partial charge in [0.2, 0.25) is 0 Å². The van der Waals surface area contributed by atoms with Gasteiger partial charge in [0, 0.05) is 26.1 Å². The first-order chi connectivity index (χ1) is 16.0. The average molecular weight is 505 g/mol. The molecule has 0 aromatic heterocycles. The summed E-state index contributed by atoms with van der Waals surface area (Å²) in [5.41, 5.74) is -3.52. The number of β-amino-alcohol motifs (C(OH)–C–C–N with tert-alkyl or cyclic N) is 2. The molecule has 2 atom stereocenters. The smallest absolute Gasteiger partial charge is 0.410 e. The Morgan fingerprint density at radius 1 is 0.914 bits per heavy atom. The quantitative estimate of drug-likeness (QED) is 0.489. The number of amides is 2. The first kappa shape index (κ1) is 31.1. The highest BCUT2D eigenvalue weighted by Gasteiger charge is 2.36. The van der Waals surface area contributed by atoms with E-state index in [2.05, 4.69) is 6.58 Å². The fraction of sp³-hybridized carbons (Fsp3) is 0.833. The zero-order valence-electron chi connectivity index (χ0n) is 22.0. The maximum absolute atomic E-state index is 11.9. The number of hydrogen-bond acceptors (Lipinski definition) is 9. The number of ether oxygens (including phenoxy) is 4. The summed E-state index contributed by atoms with van der Waals surface area (Å²) in [6.45, 7) is 16.2. The van der Waals surface area contributed by atoms with Crippen LogP contribution < -0.4 is 0 Å². The number of aliphatic hydroxyl groups excluding tert-OH is 1. The Bertz CT molecular complexity index is 704. The van der Waals surface area contributed by atoms with Crippen LogP contribution in [0.25, 0.3) is 0 Å². The van der Waals surface area contributed by atoms with Crippen LogP contribution in [0.15, 0.2) is 12.7 Å². The summed E-state index contributed by atoms with van der Waals surface area (Å²) >= 11 is 0. The van der Waals surface area contributed by atoms with E-state index in [1.54, 1.807) is 41.5 Å². The van der Waals surface area contributed by atoms with Gasteiger partial charge in [-0.15, -0.1) is 6.58 Å². The number of nitrogens with zero attached hydrogens (tertiary/aromatic N) is 2. The van der Waals surface area contributed by atoms with Gasteiger partial charge in [-0.2, -0.15) is 0 Å². The molecule has 2 aliphatic heterocycles. The fourth-order valence-corrected chi connectivity index (χ4v) is 3.24. The van der Waals surface area contributed by atoms with Crippen LogP contribution in [0.4, 0.5) is 9.59 Å². The summed E-state index contributed by atoms with van der Waals surface area (Å²) < 4.78 is 21.0. The van der Waals surface area contributed by atoms with Gasteiger partial charge in [0.1, 0.15) is 22.4 Å². The number of carbonyl (C=O) groups excluding carboxylic acids is 2. The molecule has 2 fully saturated rings. The molecule has 0 spiro atoms. The van der Waals surface area contributed by atoms with Gasteiger partial charge in [-0.1, -0.05) is 6.08 Å². The molecule has 2 rings (SSSR count). The van der Waals surface area contributed by atoms with Gasteiger partial charge in [0.05, 0.1) is 39.5 Å². The summed E-state index contributed by atoms with van der Waals surface area (Å²) in [5.74, 6) is 0. The van der Waals surface area contributed by atoms with Gasteiger partial charge < -0.3 is 44.1 Å². The van der Waals surface area contributed by atoms with Crippen molar-refractivity contribution in [2.24, 2.45) is 0 Å². The topological polar surface area (TPSA) is 138 Å². The molecule has 2 unspecified atom stereocenters.